The molecular weight excluding hydrogens is 420 g/mol. The van der Waals surface area contributed by atoms with Gasteiger partial charge in [-0.3, -0.25) is 9.59 Å². The highest BCUT2D eigenvalue weighted by Gasteiger charge is 2.35. The minimum absolute atomic E-state index is 0.0361. The number of hydrogen-bond donors (Lipinski definition) is 2. The lowest BCUT2D eigenvalue weighted by Crippen LogP contribution is -2.48. The number of carboxylic acids is 1. The van der Waals surface area contributed by atoms with Crippen molar-refractivity contribution in [2.24, 2.45) is 11.3 Å². The van der Waals surface area contributed by atoms with Crippen LogP contribution in [-0.4, -0.2) is 54.7 Å². The zero-order valence-corrected chi connectivity index (χ0v) is 19.6. The molecule has 0 aliphatic heterocycles. The number of rotatable bonds is 9. The number of hydrogen-bond acceptors (Lipinski definition) is 4. The van der Waals surface area contributed by atoms with Gasteiger partial charge in [0, 0.05) is 26.1 Å². The van der Waals surface area contributed by atoms with Crippen molar-refractivity contribution in [3.05, 3.63) is 59.7 Å². The van der Waals surface area contributed by atoms with Gasteiger partial charge in [0.1, 0.15) is 6.61 Å². The van der Waals surface area contributed by atoms with Crippen LogP contribution in [0, 0.1) is 11.3 Å². The van der Waals surface area contributed by atoms with Crippen molar-refractivity contribution in [3.63, 3.8) is 0 Å². The molecule has 7 nitrogen and oxygen atoms in total. The van der Waals surface area contributed by atoms with Crippen LogP contribution in [0.25, 0.3) is 11.1 Å². The van der Waals surface area contributed by atoms with Gasteiger partial charge in [-0.05, 0) is 35.6 Å². The quantitative estimate of drug-likeness (QED) is 0.597. The fraction of sp³-hybridized carbons (Fsp3) is 0.423. The van der Waals surface area contributed by atoms with Crippen LogP contribution in [-0.2, 0) is 14.3 Å². The number of amides is 2. The first-order chi connectivity index (χ1) is 15.7. The van der Waals surface area contributed by atoms with Gasteiger partial charge in [0.2, 0.25) is 5.91 Å². The van der Waals surface area contributed by atoms with Gasteiger partial charge in [-0.15, -0.1) is 0 Å². The SMILES string of the molecule is CCC(C)(CNC(=O)OCC1c2ccccc2-c2ccccc21)C(=O)N(C)CC(C)C(=O)O. The Morgan fingerprint density at radius 3 is 2.15 bits per heavy atom. The molecule has 0 fully saturated rings. The molecule has 2 aromatic carbocycles. The number of nitrogens with one attached hydrogen (secondary N) is 1. The molecule has 0 bridgehead atoms. The summed E-state index contributed by atoms with van der Waals surface area (Å²) in [6, 6.07) is 16.2. The Kier molecular flexibility index (Phi) is 7.41. The van der Waals surface area contributed by atoms with Crippen LogP contribution in [0.1, 0.15) is 44.2 Å². The van der Waals surface area contributed by atoms with E-state index in [1.165, 1.54) is 4.90 Å². The Labute approximate surface area is 194 Å². The maximum Gasteiger partial charge on any atom is 0.407 e. The predicted octanol–water partition coefficient (Wildman–Crippen LogP) is 4.12. The number of benzene rings is 2. The molecule has 2 N–H and O–H groups in total. The zero-order valence-electron chi connectivity index (χ0n) is 19.6. The number of fused-ring (bicyclic) bond motifs is 3. The van der Waals surface area contributed by atoms with Gasteiger partial charge in [0.05, 0.1) is 11.3 Å². The molecule has 33 heavy (non-hydrogen) atoms. The van der Waals surface area contributed by atoms with E-state index in [0.717, 1.165) is 22.3 Å². The van der Waals surface area contributed by atoms with Crippen LogP contribution in [0.3, 0.4) is 0 Å². The minimum atomic E-state index is -0.954. The first-order valence-corrected chi connectivity index (χ1v) is 11.2. The number of carbonyl (C=O) groups is 3. The van der Waals surface area contributed by atoms with Gasteiger partial charge >= 0.3 is 12.1 Å². The number of alkyl carbamates (subject to hydrolysis) is 1. The highest BCUT2D eigenvalue weighted by molar-refractivity contribution is 5.84. The number of ether oxygens (including phenoxy) is 1. The fourth-order valence-electron chi connectivity index (χ4n) is 4.30. The lowest BCUT2D eigenvalue weighted by atomic mass is 9.85. The molecule has 2 unspecified atom stereocenters. The molecule has 2 amide bonds. The minimum Gasteiger partial charge on any atom is -0.481 e. The van der Waals surface area contributed by atoms with Gasteiger partial charge in [-0.2, -0.15) is 0 Å². The second kappa shape index (κ2) is 10.1. The van der Waals surface area contributed by atoms with E-state index >= 15 is 0 Å². The molecule has 3 rings (SSSR count). The number of aliphatic carboxylic acids is 1. The van der Waals surface area contributed by atoms with Crippen molar-refractivity contribution >= 4 is 18.0 Å². The molecule has 2 atom stereocenters. The summed E-state index contributed by atoms with van der Waals surface area (Å²) >= 11 is 0. The van der Waals surface area contributed by atoms with Gasteiger partial charge in [0.15, 0.2) is 0 Å². The second-order valence-corrected chi connectivity index (χ2v) is 9.02. The third kappa shape index (κ3) is 5.18. The summed E-state index contributed by atoms with van der Waals surface area (Å²) in [7, 11) is 1.59. The molecule has 0 spiro atoms. The molecule has 176 valence electrons. The average molecular weight is 453 g/mol. The summed E-state index contributed by atoms with van der Waals surface area (Å²) in [5.74, 6) is -1.87. The molecular formula is C26H32N2O5. The molecule has 0 radical (unpaired) electrons. The molecule has 0 heterocycles. The zero-order chi connectivity index (χ0) is 24.2. The summed E-state index contributed by atoms with van der Waals surface area (Å²) in [6.07, 6.45) is -0.0905. The Morgan fingerprint density at radius 2 is 1.64 bits per heavy atom. The van der Waals surface area contributed by atoms with E-state index < -0.39 is 23.4 Å². The van der Waals surface area contributed by atoms with Crippen molar-refractivity contribution in [3.8, 4) is 11.1 Å². The monoisotopic (exact) mass is 452 g/mol. The molecule has 0 saturated heterocycles. The lowest BCUT2D eigenvalue weighted by molar-refractivity contribution is -0.145. The normalized spacial score (nSPS) is 15.0. The Bertz CT molecular complexity index is 991. The number of carbonyl (C=O) groups excluding carboxylic acids is 2. The lowest BCUT2D eigenvalue weighted by Gasteiger charge is -2.32. The Hall–Kier alpha value is -3.35. The topological polar surface area (TPSA) is 95.9 Å². The molecule has 1 aliphatic rings. The van der Waals surface area contributed by atoms with Crippen LogP contribution >= 0.6 is 0 Å². The highest BCUT2D eigenvalue weighted by atomic mass is 16.5. The van der Waals surface area contributed by atoms with Gasteiger partial charge in [0.25, 0.3) is 0 Å². The van der Waals surface area contributed by atoms with Crippen LogP contribution in [0.5, 0.6) is 0 Å². The average Bonchev–Trinajstić information content (AvgIpc) is 3.14. The third-order valence-electron chi connectivity index (χ3n) is 6.58. The van der Waals surface area contributed by atoms with E-state index in [2.05, 4.69) is 29.6 Å². The maximum atomic E-state index is 12.9. The summed E-state index contributed by atoms with van der Waals surface area (Å²) in [5.41, 5.74) is 3.72. The molecule has 7 heteroatoms. The number of nitrogens with zero attached hydrogens (tertiary/aromatic N) is 1. The van der Waals surface area contributed by atoms with Crippen molar-refractivity contribution in [2.45, 2.75) is 33.1 Å². The highest BCUT2D eigenvalue weighted by Crippen LogP contribution is 2.44. The number of carboxylic acid groups (broad SMARTS) is 1. The van der Waals surface area contributed by atoms with Crippen molar-refractivity contribution in [2.75, 3.05) is 26.7 Å². The molecule has 0 saturated carbocycles. The fourth-order valence-corrected chi connectivity index (χ4v) is 4.30. The summed E-state index contributed by atoms with van der Waals surface area (Å²) in [6.45, 7) is 5.60. The van der Waals surface area contributed by atoms with E-state index in [-0.39, 0.29) is 31.5 Å². The van der Waals surface area contributed by atoms with E-state index in [9.17, 15) is 14.4 Å². The Morgan fingerprint density at radius 1 is 1.09 bits per heavy atom. The maximum absolute atomic E-state index is 12.9. The summed E-state index contributed by atoms with van der Waals surface area (Å²) < 4.78 is 5.56. The van der Waals surface area contributed by atoms with E-state index in [4.69, 9.17) is 9.84 Å². The largest absolute Gasteiger partial charge is 0.481 e. The summed E-state index contributed by atoms with van der Waals surface area (Å²) in [5, 5.41) is 11.8. The van der Waals surface area contributed by atoms with Crippen LogP contribution in [0.15, 0.2) is 48.5 Å². The van der Waals surface area contributed by atoms with E-state index in [1.54, 1.807) is 20.9 Å². The van der Waals surface area contributed by atoms with E-state index in [1.807, 2.05) is 31.2 Å². The molecule has 0 aromatic heterocycles. The third-order valence-corrected chi connectivity index (χ3v) is 6.58. The first-order valence-electron chi connectivity index (χ1n) is 11.2. The molecule has 2 aromatic rings. The van der Waals surface area contributed by atoms with Crippen molar-refractivity contribution < 1.29 is 24.2 Å². The smallest absolute Gasteiger partial charge is 0.407 e. The molecule has 1 aliphatic carbocycles. The van der Waals surface area contributed by atoms with E-state index in [0.29, 0.717) is 6.42 Å². The first kappa shape index (κ1) is 24.3. The summed E-state index contributed by atoms with van der Waals surface area (Å²) in [4.78, 5) is 38.0. The second-order valence-electron chi connectivity index (χ2n) is 9.02. The van der Waals surface area contributed by atoms with Crippen LogP contribution < -0.4 is 5.32 Å². The van der Waals surface area contributed by atoms with Gasteiger partial charge in [-0.25, -0.2) is 4.79 Å². The van der Waals surface area contributed by atoms with Gasteiger partial charge < -0.3 is 20.1 Å². The van der Waals surface area contributed by atoms with Gasteiger partial charge in [-0.1, -0.05) is 62.4 Å². The van der Waals surface area contributed by atoms with Crippen molar-refractivity contribution in [1.82, 2.24) is 10.2 Å². The van der Waals surface area contributed by atoms with Crippen LogP contribution in [0.2, 0.25) is 0 Å². The predicted molar refractivity (Wildman–Crippen MR) is 126 cm³/mol. The van der Waals surface area contributed by atoms with Crippen LogP contribution in [0.4, 0.5) is 4.79 Å². The standard InChI is InChI=1S/C26H32N2O5/c1-5-26(3,24(31)28(4)14-17(2)23(29)30)16-27-25(32)33-15-22-20-12-8-6-10-18(20)19-11-7-9-13-21(19)22/h6-13,17,22H,5,14-16H2,1-4H3,(H,27,32)(H,29,30). The van der Waals surface area contributed by atoms with Crippen molar-refractivity contribution in [1.29, 1.82) is 0 Å². The Balaban J connectivity index is 1.60.